The summed E-state index contributed by atoms with van der Waals surface area (Å²) in [6.07, 6.45) is 2.89. The number of β-lactam (4-membered cyclic amide) rings is 1. The Morgan fingerprint density at radius 1 is 0.774 bits per heavy atom. The van der Waals surface area contributed by atoms with E-state index in [9.17, 15) is 4.79 Å². The van der Waals surface area contributed by atoms with Gasteiger partial charge in [-0.05, 0) is 60.2 Å². The van der Waals surface area contributed by atoms with Crippen LogP contribution in [0.5, 0.6) is 11.5 Å². The smallest absolute Gasteiger partial charge is 0.228 e. The maximum absolute atomic E-state index is 13.1. The number of methoxy groups -OCH3 is 2. The highest BCUT2D eigenvalue weighted by Crippen LogP contribution is 2.44. The predicted molar refractivity (Wildman–Crippen MR) is 122 cm³/mol. The van der Waals surface area contributed by atoms with Crippen LogP contribution in [0.1, 0.15) is 35.6 Å². The summed E-state index contributed by atoms with van der Waals surface area (Å²) >= 11 is 0. The molecule has 4 nitrogen and oxygen atoms in total. The standard InChI is InChI=1S/C27H29NO3/c1-30-23-15-11-21(12-16-23)19-28-26(22-13-17-24(31-2)18-14-22)25(27(28)29)10-6-9-20-7-4-3-5-8-20/h3-5,7-8,11-18,25-26H,6,9-10,19H2,1-2H3/t25-,26-/m1/s1. The molecule has 0 spiro atoms. The molecule has 4 rings (SSSR count). The van der Waals surface area contributed by atoms with Crippen LogP contribution < -0.4 is 9.47 Å². The lowest BCUT2D eigenvalue weighted by atomic mass is 9.78. The molecule has 0 saturated carbocycles. The predicted octanol–water partition coefficient (Wildman–Crippen LogP) is 5.43. The van der Waals surface area contributed by atoms with Crippen molar-refractivity contribution in [3.05, 3.63) is 95.6 Å². The number of likely N-dealkylation sites (tertiary alicyclic amines) is 1. The number of ether oxygens (including phenoxy) is 2. The molecule has 0 N–H and O–H groups in total. The number of carbonyl (C=O) groups excluding carboxylic acids is 1. The van der Waals surface area contributed by atoms with E-state index in [2.05, 4.69) is 36.4 Å². The minimum absolute atomic E-state index is 0.0235. The van der Waals surface area contributed by atoms with E-state index < -0.39 is 0 Å². The van der Waals surface area contributed by atoms with Crippen LogP contribution in [0, 0.1) is 5.92 Å². The Labute approximate surface area is 184 Å². The normalized spacial score (nSPS) is 17.9. The molecule has 3 aromatic rings. The van der Waals surface area contributed by atoms with Gasteiger partial charge in [0.1, 0.15) is 11.5 Å². The number of rotatable bonds is 9. The fourth-order valence-corrected chi connectivity index (χ4v) is 4.39. The van der Waals surface area contributed by atoms with Crippen molar-refractivity contribution >= 4 is 5.91 Å². The molecule has 4 heteroatoms. The van der Waals surface area contributed by atoms with E-state index in [1.54, 1.807) is 14.2 Å². The summed E-state index contributed by atoms with van der Waals surface area (Å²) in [5, 5.41) is 0. The molecule has 0 aromatic heterocycles. The van der Waals surface area contributed by atoms with Crippen LogP contribution in [-0.4, -0.2) is 25.0 Å². The van der Waals surface area contributed by atoms with Gasteiger partial charge in [0.05, 0.1) is 26.2 Å². The minimum Gasteiger partial charge on any atom is -0.497 e. The summed E-state index contributed by atoms with van der Waals surface area (Å²) in [4.78, 5) is 15.1. The van der Waals surface area contributed by atoms with Gasteiger partial charge in [-0.1, -0.05) is 54.6 Å². The average Bonchev–Trinajstić information content (AvgIpc) is 2.83. The highest BCUT2D eigenvalue weighted by atomic mass is 16.5. The Bertz CT molecular complexity index is 983. The lowest BCUT2D eigenvalue weighted by Crippen LogP contribution is -2.54. The molecule has 0 radical (unpaired) electrons. The van der Waals surface area contributed by atoms with Gasteiger partial charge in [0.25, 0.3) is 0 Å². The zero-order valence-corrected chi connectivity index (χ0v) is 18.2. The zero-order chi connectivity index (χ0) is 21.6. The number of carbonyl (C=O) groups is 1. The van der Waals surface area contributed by atoms with Crippen LogP contribution >= 0.6 is 0 Å². The molecule has 2 atom stereocenters. The van der Waals surface area contributed by atoms with Crippen molar-refractivity contribution in [3.63, 3.8) is 0 Å². The van der Waals surface area contributed by atoms with Gasteiger partial charge < -0.3 is 14.4 Å². The second-order valence-corrected chi connectivity index (χ2v) is 8.02. The molecular weight excluding hydrogens is 386 g/mol. The number of benzene rings is 3. The number of amides is 1. The second kappa shape index (κ2) is 9.69. The van der Waals surface area contributed by atoms with E-state index in [4.69, 9.17) is 9.47 Å². The first-order valence-electron chi connectivity index (χ1n) is 10.8. The molecule has 31 heavy (non-hydrogen) atoms. The minimum atomic E-state index is 0.0235. The fourth-order valence-electron chi connectivity index (χ4n) is 4.39. The van der Waals surface area contributed by atoms with Gasteiger partial charge in [-0.3, -0.25) is 4.79 Å². The molecule has 0 bridgehead atoms. The number of aryl methyl sites for hydroxylation is 1. The van der Waals surface area contributed by atoms with E-state index >= 15 is 0 Å². The molecule has 1 amide bonds. The first kappa shape index (κ1) is 21.0. The van der Waals surface area contributed by atoms with Crippen LogP contribution in [0.2, 0.25) is 0 Å². The third-order valence-corrected chi connectivity index (χ3v) is 6.11. The lowest BCUT2D eigenvalue weighted by Gasteiger charge is -2.48. The van der Waals surface area contributed by atoms with Crippen molar-refractivity contribution < 1.29 is 14.3 Å². The van der Waals surface area contributed by atoms with E-state index in [0.717, 1.165) is 36.3 Å². The van der Waals surface area contributed by atoms with Crippen LogP contribution in [-0.2, 0) is 17.8 Å². The molecule has 1 fully saturated rings. The van der Waals surface area contributed by atoms with Gasteiger partial charge in [0.2, 0.25) is 5.91 Å². The Hall–Kier alpha value is -3.27. The summed E-state index contributed by atoms with van der Waals surface area (Å²) < 4.78 is 10.6. The SMILES string of the molecule is COc1ccc(CN2C(=O)[C@H](CCCc3ccccc3)[C@H]2c2ccc(OC)cc2)cc1. The monoisotopic (exact) mass is 415 g/mol. The first-order valence-corrected chi connectivity index (χ1v) is 10.8. The van der Waals surface area contributed by atoms with Gasteiger partial charge in [-0.2, -0.15) is 0 Å². The van der Waals surface area contributed by atoms with Gasteiger partial charge in [0.15, 0.2) is 0 Å². The summed E-state index contributed by atoms with van der Waals surface area (Å²) in [6, 6.07) is 26.6. The highest BCUT2D eigenvalue weighted by Gasteiger charge is 2.47. The first-order chi connectivity index (χ1) is 15.2. The lowest BCUT2D eigenvalue weighted by molar-refractivity contribution is -0.158. The highest BCUT2D eigenvalue weighted by molar-refractivity contribution is 5.86. The van der Waals surface area contributed by atoms with Crippen LogP contribution in [0.4, 0.5) is 0 Å². The fraction of sp³-hybridized carbons (Fsp3) is 0.296. The molecule has 0 unspecified atom stereocenters. The number of nitrogens with zero attached hydrogens (tertiary/aromatic N) is 1. The van der Waals surface area contributed by atoms with Crippen LogP contribution in [0.25, 0.3) is 0 Å². The Kier molecular flexibility index (Phi) is 6.56. The Balaban J connectivity index is 1.48. The molecule has 160 valence electrons. The maximum Gasteiger partial charge on any atom is 0.228 e. The van der Waals surface area contributed by atoms with Gasteiger partial charge in [0, 0.05) is 6.54 Å². The van der Waals surface area contributed by atoms with E-state index in [1.165, 1.54) is 11.1 Å². The van der Waals surface area contributed by atoms with Crippen molar-refractivity contribution in [1.29, 1.82) is 0 Å². The molecule has 0 aliphatic carbocycles. The summed E-state index contributed by atoms with van der Waals surface area (Å²) in [7, 11) is 3.33. The summed E-state index contributed by atoms with van der Waals surface area (Å²) in [6.45, 7) is 0.606. The second-order valence-electron chi connectivity index (χ2n) is 8.02. The number of hydrogen-bond donors (Lipinski definition) is 0. The third kappa shape index (κ3) is 4.74. The third-order valence-electron chi connectivity index (χ3n) is 6.11. The van der Waals surface area contributed by atoms with Gasteiger partial charge in [-0.25, -0.2) is 0 Å². The van der Waals surface area contributed by atoms with Crippen molar-refractivity contribution in [2.24, 2.45) is 5.92 Å². The molecular formula is C27H29NO3. The quantitative estimate of drug-likeness (QED) is 0.438. The van der Waals surface area contributed by atoms with Gasteiger partial charge >= 0.3 is 0 Å². The Morgan fingerprint density at radius 2 is 1.39 bits per heavy atom. The van der Waals surface area contributed by atoms with E-state index in [1.807, 2.05) is 47.4 Å². The van der Waals surface area contributed by atoms with E-state index in [0.29, 0.717) is 6.54 Å². The topological polar surface area (TPSA) is 38.8 Å². The molecule has 1 aliphatic heterocycles. The van der Waals surface area contributed by atoms with Crippen molar-refractivity contribution in [2.45, 2.75) is 31.8 Å². The Morgan fingerprint density at radius 3 is 2.00 bits per heavy atom. The number of hydrogen-bond acceptors (Lipinski definition) is 3. The van der Waals surface area contributed by atoms with Crippen molar-refractivity contribution in [1.82, 2.24) is 4.90 Å². The molecule has 1 heterocycles. The summed E-state index contributed by atoms with van der Waals surface area (Å²) in [5.74, 6) is 1.92. The summed E-state index contributed by atoms with van der Waals surface area (Å²) in [5.41, 5.74) is 3.60. The average molecular weight is 416 g/mol. The molecule has 3 aromatic carbocycles. The van der Waals surface area contributed by atoms with Gasteiger partial charge in [-0.15, -0.1) is 0 Å². The largest absolute Gasteiger partial charge is 0.497 e. The van der Waals surface area contributed by atoms with Crippen LogP contribution in [0.3, 0.4) is 0 Å². The van der Waals surface area contributed by atoms with Crippen molar-refractivity contribution in [3.8, 4) is 11.5 Å². The molecule has 1 aliphatic rings. The molecule has 1 saturated heterocycles. The van der Waals surface area contributed by atoms with Crippen LogP contribution in [0.15, 0.2) is 78.9 Å². The zero-order valence-electron chi connectivity index (χ0n) is 18.2. The maximum atomic E-state index is 13.1. The van der Waals surface area contributed by atoms with E-state index in [-0.39, 0.29) is 17.9 Å². The van der Waals surface area contributed by atoms with Crippen molar-refractivity contribution in [2.75, 3.05) is 14.2 Å².